The first-order valence-corrected chi connectivity index (χ1v) is 6.69. The highest BCUT2D eigenvalue weighted by atomic mass is 35.5. The van der Waals surface area contributed by atoms with Gasteiger partial charge in [-0.15, -0.1) is 0 Å². The van der Waals surface area contributed by atoms with E-state index in [2.05, 4.69) is 0 Å². The molecule has 0 atom stereocenters. The summed E-state index contributed by atoms with van der Waals surface area (Å²) in [7, 11) is 0. The minimum Gasteiger partial charge on any atom is -0.294 e. The van der Waals surface area contributed by atoms with E-state index in [0.717, 1.165) is 17.7 Å². The van der Waals surface area contributed by atoms with Crippen molar-refractivity contribution in [2.24, 2.45) is 0 Å². The molecule has 0 aliphatic rings. The van der Waals surface area contributed by atoms with E-state index in [0.29, 0.717) is 6.42 Å². The summed E-state index contributed by atoms with van der Waals surface area (Å²) in [6.45, 7) is 0. The van der Waals surface area contributed by atoms with Crippen molar-refractivity contribution in [2.75, 3.05) is 0 Å². The number of carbonyl (C=O) groups excluding carboxylic acids is 1. The maximum atomic E-state index is 12.9. The van der Waals surface area contributed by atoms with Gasteiger partial charge >= 0.3 is 6.18 Å². The summed E-state index contributed by atoms with van der Waals surface area (Å²) in [6, 6.07) is 12.4. The van der Waals surface area contributed by atoms with Gasteiger partial charge in [0.05, 0.1) is 5.56 Å². The van der Waals surface area contributed by atoms with Gasteiger partial charge in [-0.05, 0) is 30.2 Å². The van der Waals surface area contributed by atoms with E-state index in [-0.39, 0.29) is 17.0 Å². The van der Waals surface area contributed by atoms with Crippen LogP contribution < -0.4 is 0 Å². The topological polar surface area (TPSA) is 17.1 Å². The normalized spacial score (nSPS) is 11.4. The smallest absolute Gasteiger partial charge is 0.294 e. The molecule has 0 unspecified atom stereocenters. The van der Waals surface area contributed by atoms with Gasteiger partial charge < -0.3 is 0 Å². The van der Waals surface area contributed by atoms with Crippen LogP contribution in [-0.4, -0.2) is 5.78 Å². The first-order valence-electron chi connectivity index (χ1n) is 6.32. The van der Waals surface area contributed by atoms with E-state index in [9.17, 15) is 18.0 Å². The van der Waals surface area contributed by atoms with E-state index in [1.165, 1.54) is 6.07 Å². The van der Waals surface area contributed by atoms with Crippen LogP contribution in [0.2, 0.25) is 5.02 Å². The third kappa shape index (κ3) is 4.08. The van der Waals surface area contributed by atoms with Crippen molar-refractivity contribution in [3.05, 3.63) is 70.2 Å². The van der Waals surface area contributed by atoms with Crippen molar-refractivity contribution in [2.45, 2.75) is 19.0 Å². The number of hydrogen-bond acceptors (Lipinski definition) is 1. The molecule has 0 amide bonds. The zero-order chi connectivity index (χ0) is 15.5. The second-order valence-corrected chi connectivity index (χ2v) is 5.03. The summed E-state index contributed by atoms with van der Waals surface area (Å²) in [5.74, 6) is -0.539. The molecule has 0 aromatic heterocycles. The Morgan fingerprint density at radius 3 is 2.33 bits per heavy atom. The quantitative estimate of drug-likeness (QED) is 0.711. The van der Waals surface area contributed by atoms with Crippen molar-refractivity contribution in [3.63, 3.8) is 0 Å². The Labute approximate surface area is 125 Å². The Balaban J connectivity index is 2.20. The molecule has 0 aliphatic carbocycles. The highest BCUT2D eigenvalue weighted by Gasteiger charge is 2.35. The van der Waals surface area contributed by atoms with Gasteiger partial charge in [-0.1, -0.05) is 41.9 Å². The lowest BCUT2D eigenvalue weighted by Gasteiger charge is -2.12. The molecule has 0 aliphatic heterocycles. The van der Waals surface area contributed by atoms with Gasteiger partial charge in [0, 0.05) is 17.0 Å². The summed E-state index contributed by atoms with van der Waals surface area (Å²) in [5, 5.41) is -0.0399. The molecule has 0 spiro atoms. The average Bonchev–Trinajstić information content (AvgIpc) is 2.45. The SMILES string of the molecule is O=C(CCc1ccccc1)c1ccc(Cl)cc1C(F)(F)F. The standard InChI is InChI=1S/C16H12ClF3O/c17-12-7-8-13(14(10-12)16(18,19)20)15(21)9-6-11-4-2-1-3-5-11/h1-5,7-8,10H,6,9H2. The van der Waals surface area contributed by atoms with Crippen LogP contribution in [0.15, 0.2) is 48.5 Å². The van der Waals surface area contributed by atoms with E-state index in [4.69, 9.17) is 11.6 Å². The first kappa shape index (κ1) is 15.6. The molecular weight excluding hydrogens is 301 g/mol. The van der Waals surface area contributed by atoms with Crippen LogP contribution in [0.5, 0.6) is 0 Å². The Morgan fingerprint density at radius 2 is 1.71 bits per heavy atom. The fourth-order valence-electron chi connectivity index (χ4n) is 2.03. The summed E-state index contributed by atoms with van der Waals surface area (Å²) >= 11 is 5.59. The molecule has 1 nitrogen and oxygen atoms in total. The van der Waals surface area contributed by atoms with Crippen molar-refractivity contribution in [1.29, 1.82) is 0 Å². The number of ketones is 1. The predicted molar refractivity (Wildman–Crippen MR) is 75.5 cm³/mol. The molecule has 2 aromatic carbocycles. The monoisotopic (exact) mass is 312 g/mol. The van der Waals surface area contributed by atoms with Crippen molar-refractivity contribution >= 4 is 17.4 Å². The predicted octanol–water partition coefficient (Wildman–Crippen LogP) is 5.17. The number of benzene rings is 2. The molecule has 110 valence electrons. The zero-order valence-electron chi connectivity index (χ0n) is 11.0. The fraction of sp³-hybridized carbons (Fsp3) is 0.188. The molecule has 2 rings (SSSR count). The maximum Gasteiger partial charge on any atom is 0.417 e. The Hall–Kier alpha value is -1.81. The molecule has 2 aromatic rings. The van der Waals surface area contributed by atoms with Crippen LogP contribution in [0, 0.1) is 0 Å². The second kappa shape index (κ2) is 6.31. The summed E-state index contributed by atoms with van der Waals surface area (Å²) in [4.78, 5) is 12.1. The highest BCUT2D eigenvalue weighted by molar-refractivity contribution is 6.30. The minimum absolute atomic E-state index is 0.0225. The molecule has 0 bridgehead atoms. The van der Waals surface area contributed by atoms with Gasteiger partial charge in [-0.2, -0.15) is 13.2 Å². The van der Waals surface area contributed by atoms with Crippen LogP contribution in [-0.2, 0) is 12.6 Å². The van der Waals surface area contributed by atoms with Gasteiger partial charge in [0.25, 0.3) is 0 Å². The number of aryl methyl sites for hydroxylation is 1. The lowest BCUT2D eigenvalue weighted by Crippen LogP contribution is -2.13. The zero-order valence-corrected chi connectivity index (χ0v) is 11.7. The molecule has 5 heteroatoms. The fourth-order valence-corrected chi connectivity index (χ4v) is 2.20. The molecule has 0 N–H and O–H groups in total. The molecule has 21 heavy (non-hydrogen) atoms. The van der Waals surface area contributed by atoms with Crippen LogP contribution in [0.3, 0.4) is 0 Å². The van der Waals surface area contributed by atoms with Gasteiger partial charge in [-0.25, -0.2) is 0 Å². The second-order valence-electron chi connectivity index (χ2n) is 4.60. The molecular formula is C16H12ClF3O. The third-order valence-corrected chi connectivity index (χ3v) is 3.31. The number of hydrogen-bond donors (Lipinski definition) is 0. The molecule has 0 fully saturated rings. The van der Waals surface area contributed by atoms with Crippen LogP contribution >= 0.6 is 11.6 Å². The van der Waals surface area contributed by atoms with Gasteiger partial charge in [-0.3, -0.25) is 4.79 Å². The number of Topliss-reactive ketones (excluding diaryl/α,β-unsaturated/α-hetero) is 1. The lowest BCUT2D eigenvalue weighted by atomic mass is 9.98. The van der Waals surface area contributed by atoms with E-state index < -0.39 is 17.5 Å². The summed E-state index contributed by atoms with van der Waals surface area (Å²) < 4.78 is 38.8. The summed E-state index contributed by atoms with van der Waals surface area (Å²) in [5.41, 5.74) is -0.399. The van der Waals surface area contributed by atoms with Gasteiger partial charge in [0.15, 0.2) is 5.78 Å². The minimum atomic E-state index is -4.59. The van der Waals surface area contributed by atoms with E-state index in [1.54, 1.807) is 0 Å². The Kier molecular flexibility index (Phi) is 4.68. The van der Waals surface area contributed by atoms with Crippen molar-refractivity contribution in [1.82, 2.24) is 0 Å². The summed E-state index contributed by atoms with van der Waals surface area (Å²) in [6.07, 6.45) is -4.17. The van der Waals surface area contributed by atoms with Crippen LogP contribution in [0.4, 0.5) is 13.2 Å². The van der Waals surface area contributed by atoms with E-state index >= 15 is 0 Å². The van der Waals surface area contributed by atoms with Crippen molar-refractivity contribution < 1.29 is 18.0 Å². The van der Waals surface area contributed by atoms with Gasteiger partial charge in [0.1, 0.15) is 0 Å². The van der Waals surface area contributed by atoms with E-state index in [1.807, 2.05) is 30.3 Å². The molecule has 0 saturated carbocycles. The lowest BCUT2D eigenvalue weighted by molar-refractivity contribution is -0.137. The molecule has 0 heterocycles. The Morgan fingerprint density at radius 1 is 1.05 bits per heavy atom. The average molecular weight is 313 g/mol. The first-order chi connectivity index (χ1) is 9.88. The maximum absolute atomic E-state index is 12.9. The number of carbonyl (C=O) groups is 1. The van der Waals surface area contributed by atoms with Crippen LogP contribution in [0.1, 0.15) is 27.9 Å². The largest absolute Gasteiger partial charge is 0.417 e. The number of alkyl halides is 3. The highest BCUT2D eigenvalue weighted by Crippen LogP contribution is 2.34. The molecule has 0 saturated heterocycles. The Bertz CT molecular complexity index is 636. The number of halogens is 4. The molecule has 0 radical (unpaired) electrons. The number of rotatable bonds is 4. The van der Waals surface area contributed by atoms with Crippen molar-refractivity contribution in [3.8, 4) is 0 Å². The van der Waals surface area contributed by atoms with Gasteiger partial charge in [0.2, 0.25) is 0 Å². The third-order valence-electron chi connectivity index (χ3n) is 3.07. The van der Waals surface area contributed by atoms with Crippen LogP contribution in [0.25, 0.3) is 0 Å².